The first-order chi connectivity index (χ1) is 8.11. The van der Waals surface area contributed by atoms with E-state index in [2.05, 4.69) is 14.9 Å². The molecular weight excluding hydrogens is 222 g/mol. The molecule has 1 atom stereocenters. The minimum Gasteiger partial charge on any atom is -0.469 e. The average Bonchev–Trinajstić information content (AvgIpc) is 2.95. The first-order valence-electron chi connectivity index (χ1n) is 5.51. The summed E-state index contributed by atoms with van der Waals surface area (Å²) in [6.45, 7) is 2.83. The number of rotatable bonds is 2. The smallest absolute Gasteiger partial charge is 0.310 e. The van der Waals surface area contributed by atoms with Crippen molar-refractivity contribution in [3.63, 3.8) is 0 Å². The molecule has 0 saturated carbocycles. The van der Waals surface area contributed by atoms with E-state index in [4.69, 9.17) is 0 Å². The zero-order valence-corrected chi connectivity index (χ0v) is 9.90. The molecule has 0 aliphatic carbocycles. The number of esters is 1. The standard InChI is InChI=1S/C11H15N3O3/c1-7-5-9(13-12-7)10(15)14-4-3-8(6-14)11(16)17-2/h5,8H,3-4,6H2,1-2H3,(H,12,13). The lowest BCUT2D eigenvalue weighted by Crippen LogP contribution is -2.30. The summed E-state index contributed by atoms with van der Waals surface area (Å²) in [4.78, 5) is 25.0. The van der Waals surface area contributed by atoms with Gasteiger partial charge in [-0.05, 0) is 19.4 Å². The number of nitrogens with one attached hydrogen (secondary N) is 1. The van der Waals surface area contributed by atoms with E-state index in [1.807, 2.05) is 6.92 Å². The Morgan fingerprint density at radius 3 is 2.94 bits per heavy atom. The number of methoxy groups -OCH3 is 1. The summed E-state index contributed by atoms with van der Waals surface area (Å²) < 4.78 is 4.67. The maximum Gasteiger partial charge on any atom is 0.310 e. The maximum absolute atomic E-state index is 12.0. The number of aryl methyl sites for hydroxylation is 1. The Morgan fingerprint density at radius 2 is 2.35 bits per heavy atom. The lowest BCUT2D eigenvalue weighted by atomic mass is 10.1. The van der Waals surface area contributed by atoms with Crippen LogP contribution in [0.5, 0.6) is 0 Å². The molecule has 1 N–H and O–H groups in total. The van der Waals surface area contributed by atoms with Crippen LogP contribution in [-0.4, -0.2) is 47.2 Å². The van der Waals surface area contributed by atoms with Crippen LogP contribution in [0.3, 0.4) is 0 Å². The summed E-state index contributed by atoms with van der Waals surface area (Å²) in [5, 5.41) is 6.65. The molecule has 1 aromatic heterocycles. The molecule has 2 rings (SSSR count). The largest absolute Gasteiger partial charge is 0.469 e. The number of H-pyrrole nitrogens is 1. The third-order valence-electron chi connectivity index (χ3n) is 2.94. The molecular formula is C11H15N3O3. The third kappa shape index (κ3) is 2.30. The Hall–Kier alpha value is -1.85. The van der Waals surface area contributed by atoms with Gasteiger partial charge in [-0.1, -0.05) is 0 Å². The van der Waals surface area contributed by atoms with Crippen molar-refractivity contribution in [3.05, 3.63) is 17.5 Å². The first kappa shape index (κ1) is 11.6. The van der Waals surface area contributed by atoms with Crippen LogP contribution in [0.2, 0.25) is 0 Å². The summed E-state index contributed by atoms with van der Waals surface area (Å²) in [6.07, 6.45) is 0.655. The highest BCUT2D eigenvalue weighted by molar-refractivity contribution is 5.93. The van der Waals surface area contributed by atoms with Gasteiger partial charge < -0.3 is 9.64 Å². The van der Waals surface area contributed by atoms with Gasteiger partial charge in [0.15, 0.2) is 0 Å². The Bertz CT molecular complexity index is 441. The molecule has 0 bridgehead atoms. The summed E-state index contributed by atoms with van der Waals surface area (Å²) in [5.74, 6) is -0.594. The summed E-state index contributed by atoms with van der Waals surface area (Å²) in [6, 6.07) is 1.70. The highest BCUT2D eigenvalue weighted by Gasteiger charge is 2.32. The molecule has 0 spiro atoms. The van der Waals surface area contributed by atoms with Crippen molar-refractivity contribution in [2.45, 2.75) is 13.3 Å². The van der Waals surface area contributed by atoms with E-state index in [-0.39, 0.29) is 17.8 Å². The van der Waals surface area contributed by atoms with Crippen LogP contribution >= 0.6 is 0 Å². The summed E-state index contributed by atoms with van der Waals surface area (Å²) in [5.41, 5.74) is 1.24. The van der Waals surface area contributed by atoms with Crippen LogP contribution in [0.1, 0.15) is 22.6 Å². The minimum atomic E-state index is -0.251. The minimum absolute atomic E-state index is 0.138. The monoisotopic (exact) mass is 237 g/mol. The van der Waals surface area contributed by atoms with Gasteiger partial charge in [-0.2, -0.15) is 5.10 Å². The van der Waals surface area contributed by atoms with Gasteiger partial charge in [-0.25, -0.2) is 0 Å². The van der Waals surface area contributed by atoms with E-state index in [0.717, 1.165) is 5.69 Å². The number of carbonyl (C=O) groups is 2. The fourth-order valence-electron chi connectivity index (χ4n) is 1.99. The summed E-state index contributed by atoms with van der Waals surface area (Å²) in [7, 11) is 1.36. The Balaban J connectivity index is 2.01. The van der Waals surface area contributed by atoms with Gasteiger partial charge in [0.05, 0.1) is 13.0 Å². The average molecular weight is 237 g/mol. The van der Waals surface area contributed by atoms with E-state index >= 15 is 0 Å². The third-order valence-corrected chi connectivity index (χ3v) is 2.94. The van der Waals surface area contributed by atoms with Gasteiger partial charge in [-0.15, -0.1) is 0 Å². The topological polar surface area (TPSA) is 75.3 Å². The molecule has 1 fully saturated rings. The van der Waals surface area contributed by atoms with Crippen LogP contribution in [0.15, 0.2) is 6.07 Å². The molecule has 0 aromatic carbocycles. The molecule has 1 aromatic rings. The second-order valence-corrected chi connectivity index (χ2v) is 4.20. The van der Waals surface area contributed by atoms with E-state index in [1.54, 1.807) is 11.0 Å². The number of hydrogen-bond donors (Lipinski definition) is 1. The maximum atomic E-state index is 12.0. The normalized spacial score (nSPS) is 19.4. The van der Waals surface area contributed by atoms with Crippen LogP contribution in [-0.2, 0) is 9.53 Å². The molecule has 0 radical (unpaired) electrons. The van der Waals surface area contributed by atoms with E-state index in [9.17, 15) is 9.59 Å². The van der Waals surface area contributed by atoms with Crippen LogP contribution in [0, 0.1) is 12.8 Å². The molecule has 1 unspecified atom stereocenters. The number of nitrogens with zero attached hydrogens (tertiary/aromatic N) is 2. The first-order valence-corrected chi connectivity index (χ1v) is 5.51. The molecule has 1 saturated heterocycles. The lowest BCUT2D eigenvalue weighted by Gasteiger charge is -2.14. The number of hydrogen-bond acceptors (Lipinski definition) is 4. The quantitative estimate of drug-likeness (QED) is 0.753. The molecule has 1 amide bonds. The number of likely N-dealkylation sites (tertiary alicyclic amines) is 1. The van der Waals surface area contributed by atoms with Crippen molar-refractivity contribution in [3.8, 4) is 0 Å². The zero-order valence-electron chi connectivity index (χ0n) is 9.90. The van der Waals surface area contributed by atoms with Gasteiger partial charge in [0.2, 0.25) is 0 Å². The molecule has 1 aliphatic heterocycles. The van der Waals surface area contributed by atoms with Crippen molar-refractivity contribution < 1.29 is 14.3 Å². The number of ether oxygens (including phenoxy) is 1. The van der Waals surface area contributed by atoms with Crippen LogP contribution in [0.4, 0.5) is 0 Å². The fraction of sp³-hybridized carbons (Fsp3) is 0.545. The highest BCUT2D eigenvalue weighted by Crippen LogP contribution is 2.19. The zero-order chi connectivity index (χ0) is 12.4. The van der Waals surface area contributed by atoms with Crippen LogP contribution < -0.4 is 0 Å². The molecule has 92 valence electrons. The fourth-order valence-corrected chi connectivity index (χ4v) is 1.99. The second kappa shape index (κ2) is 4.57. The second-order valence-electron chi connectivity index (χ2n) is 4.20. The van der Waals surface area contributed by atoms with Crippen molar-refractivity contribution in [2.75, 3.05) is 20.2 Å². The van der Waals surface area contributed by atoms with E-state index < -0.39 is 0 Å². The predicted molar refractivity (Wildman–Crippen MR) is 59.4 cm³/mol. The Labute approximate surface area is 98.9 Å². The lowest BCUT2D eigenvalue weighted by molar-refractivity contribution is -0.144. The van der Waals surface area contributed by atoms with E-state index in [0.29, 0.717) is 25.2 Å². The van der Waals surface area contributed by atoms with Crippen molar-refractivity contribution in [2.24, 2.45) is 5.92 Å². The molecule has 6 nitrogen and oxygen atoms in total. The molecule has 17 heavy (non-hydrogen) atoms. The SMILES string of the molecule is COC(=O)C1CCN(C(=O)c2cc(C)[nH]n2)C1. The number of carbonyl (C=O) groups excluding carboxylic acids is 2. The van der Waals surface area contributed by atoms with Gasteiger partial charge in [0.1, 0.15) is 5.69 Å². The molecule has 6 heteroatoms. The van der Waals surface area contributed by atoms with Crippen molar-refractivity contribution >= 4 is 11.9 Å². The van der Waals surface area contributed by atoms with E-state index in [1.165, 1.54) is 7.11 Å². The number of aromatic nitrogens is 2. The summed E-state index contributed by atoms with van der Waals surface area (Å²) >= 11 is 0. The Kier molecular flexibility index (Phi) is 3.12. The van der Waals surface area contributed by atoms with Crippen LogP contribution in [0.25, 0.3) is 0 Å². The van der Waals surface area contributed by atoms with Gasteiger partial charge >= 0.3 is 5.97 Å². The highest BCUT2D eigenvalue weighted by atomic mass is 16.5. The molecule has 2 heterocycles. The van der Waals surface area contributed by atoms with Crippen molar-refractivity contribution in [1.82, 2.24) is 15.1 Å². The number of aromatic amines is 1. The Morgan fingerprint density at radius 1 is 1.59 bits per heavy atom. The number of amides is 1. The molecule has 1 aliphatic rings. The van der Waals surface area contributed by atoms with Gasteiger partial charge in [0.25, 0.3) is 5.91 Å². The van der Waals surface area contributed by atoms with Crippen molar-refractivity contribution in [1.29, 1.82) is 0 Å². The van der Waals surface area contributed by atoms with Gasteiger partial charge in [-0.3, -0.25) is 14.7 Å². The predicted octanol–water partition coefficient (Wildman–Crippen LogP) is 0.353. The van der Waals surface area contributed by atoms with Gasteiger partial charge in [0, 0.05) is 18.8 Å².